The number of amides is 1. The number of hydrogen-bond acceptors (Lipinski definition) is 8. The minimum absolute atomic E-state index is 0.0712. The highest BCUT2D eigenvalue weighted by Crippen LogP contribution is 2.28. The highest BCUT2D eigenvalue weighted by atomic mass is 19.1. The molecular formula is C37H65F2N7O2. The number of piperazine rings is 1. The molecule has 4 aliphatic heterocycles. The molecule has 11 heteroatoms. The number of unbranched alkanes of at least 4 members (excludes halogenated alkanes) is 5. The minimum atomic E-state index is -1.21. The summed E-state index contributed by atoms with van der Waals surface area (Å²) in [5, 5.41) is 6.88. The molecule has 4 aliphatic rings. The lowest BCUT2D eigenvalue weighted by molar-refractivity contribution is -0.127. The predicted octanol–water partition coefficient (Wildman–Crippen LogP) is 5.19. The summed E-state index contributed by atoms with van der Waals surface area (Å²) in [5.41, 5.74) is 7.77. The molecule has 0 aromatic rings. The van der Waals surface area contributed by atoms with Crippen LogP contribution in [-0.2, 0) is 9.53 Å². The first-order valence-corrected chi connectivity index (χ1v) is 19.2. The number of rotatable bonds is 15. The van der Waals surface area contributed by atoms with E-state index in [1.54, 1.807) is 6.08 Å². The van der Waals surface area contributed by atoms with Gasteiger partial charge in [0.05, 0.1) is 56.2 Å². The Morgan fingerprint density at radius 1 is 1.08 bits per heavy atom. The number of nitrogens with two attached hydrogens (primary N) is 1. The zero-order chi connectivity index (χ0) is 34.5. The minimum Gasteiger partial charge on any atom is -0.378 e. The number of carbonyl (C=O) groups is 1. The van der Waals surface area contributed by atoms with Crippen molar-refractivity contribution in [2.75, 3.05) is 45.9 Å². The van der Waals surface area contributed by atoms with Crippen molar-refractivity contribution in [3.05, 3.63) is 11.9 Å². The molecule has 9 atom stereocenters. The summed E-state index contributed by atoms with van der Waals surface area (Å²) in [6.07, 6.45) is 12.8. The molecule has 2 saturated heterocycles. The fourth-order valence-electron chi connectivity index (χ4n) is 8.25. The fourth-order valence-corrected chi connectivity index (χ4v) is 8.25. The molecule has 0 radical (unpaired) electrons. The van der Waals surface area contributed by atoms with Gasteiger partial charge in [0.1, 0.15) is 12.0 Å². The summed E-state index contributed by atoms with van der Waals surface area (Å²) >= 11 is 0. The number of nitrogens with zero attached hydrogens (tertiary/aromatic N) is 4. The van der Waals surface area contributed by atoms with E-state index in [0.29, 0.717) is 25.5 Å². The molecule has 0 aliphatic carbocycles. The third-order valence-electron chi connectivity index (χ3n) is 11.0. The second-order valence-electron chi connectivity index (χ2n) is 14.6. The highest BCUT2D eigenvalue weighted by Gasteiger charge is 2.45. The Bertz CT molecular complexity index is 1070. The summed E-state index contributed by atoms with van der Waals surface area (Å²) in [4.78, 5) is 28.4. The number of fused-ring (bicyclic) bond motifs is 1. The van der Waals surface area contributed by atoms with Gasteiger partial charge in [-0.05, 0) is 51.0 Å². The van der Waals surface area contributed by atoms with Crippen LogP contribution in [0.1, 0.15) is 105 Å². The smallest absolute Gasteiger partial charge is 0.228 e. The molecule has 0 aromatic carbocycles. The van der Waals surface area contributed by atoms with Crippen LogP contribution >= 0.6 is 0 Å². The van der Waals surface area contributed by atoms with Crippen molar-refractivity contribution in [1.82, 2.24) is 20.4 Å². The zero-order valence-electron chi connectivity index (χ0n) is 30.2. The summed E-state index contributed by atoms with van der Waals surface area (Å²) in [7, 11) is 0. The first kappa shape index (κ1) is 39.0. The number of alkyl halides is 1. The average molecular weight is 678 g/mol. The third-order valence-corrected chi connectivity index (χ3v) is 11.0. The van der Waals surface area contributed by atoms with E-state index in [4.69, 9.17) is 15.5 Å². The van der Waals surface area contributed by atoms with E-state index in [0.717, 1.165) is 96.2 Å². The molecule has 4 rings (SSSR count). The van der Waals surface area contributed by atoms with E-state index >= 15 is 4.39 Å². The third kappa shape index (κ3) is 10.9. The Hall–Kier alpha value is -1.79. The van der Waals surface area contributed by atoms with Crippen LogP contribution in [-0.4, -0.2) is 116 Å². The number of aliphatic imine (C=N–C) groups is 2. The lowest BCUT2D eigenvalue weighted by Crippen LogP contribution is -2.68. The predicted molar refractivity (Wildman–Crippen MR) is 192 cm³/mol. The molecule has 0 saturated carbocycles. The van der Waals surface area contributed by atoms with E-state index < -0.39 is 42.2 Å². The van der Waals surface area contributed by atoms with E-state index in [9.17, 15) is 9.18 Å². The molecule has 9 nitrogen and oxygen atoms in total. The first-order valence-electron chi connectivity index (χ1n) is 19.2. The van der Waals surface area contributed by atoms with Crippen LogP contribution in [0.4, 0.5) is 8.78 Å². The van der Waals surface area contributed by atoms with Gasteiger partial charge in [-0.15, -0.1) is 0 Å². The number of hydrogen-bond donors (Lipinski definition) is 3. The van der Waals surface area contributed by atoms with Crippen LogP contribution in [0.2, 0.25) is 0 Å². The molecule has 1 amide bonds. The molecule has 8 unspecified atom stereocenters. The Balaban J connectivity index is 1.59. The van der Waals surface area contributed by atoms with Crippen molar-refractivity contribution in [3.63, 3.8) is 0 Å². The van der Waals surface area contributed by atoms with Gasteiger partial charge in [-0.25, -0.2) is 8.78 Å². The Kier molecular flexibility index (Phi) is 16.4. The van der Waals surface area contributed by atoms with Crippen LogP contribution in [0.3, 0.4) is 0 Å². The second kappa shape index (κ2) is 20.2. The van der Waals surface area contributed by atoms with Crippen LogP contribution in [0, 0.1) is 11.8 Å². The van der Waals surface area contributed by atoms with Crippen LogP contribution in [0.15, 0.2) is 21.9 Å². The van der Waals surface area contributed by atoms with Crippen LogP contribution < -0.4 is 16.4 Å². The van der Waals surface area contributed by atoms with Gasteiger partial charge in [0.15, 0.2) is 0 Å². The number of carbonyl (C=O) groups excluding carboxylic acids is 1. The van der Waals surface area contributed by atoms with Crippen molar-refractivity contribution in [2.45, 2.75) is 147 Å². The maximum Gasteiger partial charge on any atom is 0.228 e. The van der Waals surface area contributed by atoms with E-state index in [1.807, 2.05) is 6.92 Å². The van der Waals surface area contributed by atoms with Gasteiger partial charge in [-0.3, -0.25) is 29.9 Å². The molecule has 2 fully saturated rings. The van der Waals surface area contributed by atoms with Crippen LogP contribution in [0.5, 0.6) is 0 Å². The Morgan fingerprint density at radius 3 is 2.62 bits per heavy atom. The van der Waals surface area contributed by atoms with Crippen LogP contribution in [0.25, 0.3) is 0 Å². The molecular weight excluding hydrogens is 612 g/mol. The quantitative estimate of drug-likeness (QED) is 0.206. The molecule has 0 aromatic heterocycles. The maximum atomic E-state index is 16.1. The van der Waals surface area contributed by atoms with Crippen molar-refractivity contribution >= 4 is 17.8 Å². The number of halogens is 2. The monoisotopic (exact) mass is 678 g/mol. The number of morpholine rings is 1. The molecule has 48 heavy (non-hydrogen) atoms. The number of nitrogens with one attached hydrogen (secondary N) is 2. The second-order valence-corrected chi connectivity index (χ2v) is 14.6. The number of allylic oxidation sites excluding steroid dienone is 1. The zero-order valence-corrected chi connectivity index (χ0v) is 30.2. The van der Waals surface area contributed by atoms with Gasteiger partial charge in [-0.2, -0.15) is 0 Å². The van der Waals surface area contributed by atoms with Crippen molar-refractivity contribution in [3.8, 4) is 0 Å². The topological polar surface area (TPSA) is 108 Å². The Labute approximate surface area is 289 Å². The SMILES string of the molecule is CCCCCCCC1=NCC(F)C(N2CCN3CCOC[C@@H]3C2)C1NC(=O)C1C(C)/N=C\C(F)=C/CC(C(CCC)CCCC)NC1N. The lowest BCUT2D eigenvalue weighted by atomic mass is 9.85. The maximum absolute atomic E-state index is 16.1. The fraction of sp³-hybridized carbons (Fsp3) is 0.865. The van der Waals surface area contributed by atoms with Gasteiger partial charge in [-0.1, -0.05) is 65.7 Å². The molecule has 274 valence electrons. The summed E-state index contributed by atoms with van der Waals surface area (Å²) < 4.78 is 36.9. The number of ether oxygens (including phenoxy) is 1. The van der Waals surface area contributed by atoms with Gasteiger partial charge < -0.3 is 15.8 Å². The van der Waals surface area contributed by atoms with E-state index in [1.165, 1.54) is 12.6 Å². The van der Waals surface area contributed by atoms with E-state index in [-0.39, 0.29) is 24.5 Å². The van der Waals surface area contributed by atoms with Gasteiger partial charge in [0, 0.05) is 44.0 Å². The largest absolute Gasteiger partial charge is 0.378 e. The van der Waals surface area contributed by atoms with Gasteiger partial charge in [0.25, 0.3) is 0 Å². The van der Waals surface area contributed by atoms with E-state index in [2.05, 4.69) is 46.2 Å². The average Bonchev–Trinajstić information content (AvgIpc) is 3.08. The molecule has 4 heterocycles. The normalized spacial score (nSPS) is 34.7. The van der Waals surface area contributed by atoms with Crippen molar-refractivity contribution < 1.29 is 18.3 Å². The van der Waals surface area contributed by atoms with Gasteiger partial charge >= 0.3 is 0 Å². The molecule has 0 bridgehead atoms. The Morgan fingerprint density at radius 2 is 1.85 bits per heavy atom. The first-order chi connectivity index (χ1) is 23.3. The molecule has 4 N–H and O–H groups in total. The molecule has 0 spiro atoms. The summed E-state index contributed by atoms with van der Waals surface area (Å²) in [6, 6.07) is -1.56. The lowest BCUT2D eigenvalue weighted by Gasteiger charge is -2.49. The highest BCUT2D eigenvalue weighted by molar-refractivity contribution is 5.95. The summed E-state index contributed by atoms with van der Waals surface area (Å²) in [6.45, 7) is 13.0. The standard InChI is InChI=1S/C37H65F2N7O2/c1-5-8-10-11-12-15-32-34(35(30(39)23-42-32)46-19-18-45-20-21-48-25-29(45)24-46)44-37(47)33-26(4)41-22-28(38)16-17-31(43-36(33)40)27(13-7-3)14-9-6-2/h16,22,26-27,29-31,33-36,43H,5-15,17-21,23-25,40H2,1-4H3,(H,44,47)/b28-16+,41-22-/t26?,27?,29-,30?,31?,33?,34?,35?,36?/m0/s1. The summed E-state index contributed by atoms with van der Waals surface area (Å²) in [5.74, 6) is -1.15. The van der Waals surface area contributed by atoms with Gasteiger partial charge in [0.2, 0.25) is 5.91 Å². The van der Waals surface area contributed by atoms with Crippen molar-refractivity contribution in [1.29, 1.82) is 0 Å². The van der Waals surface area contributed by atoms with Crippen molar-refractivity contribution in [2.24, 2.45) is 27.6 Å².